The topological polar surface area (TPSA) is 85.8 Å². The van der Waals surface area contributed by atoms with Crippen molar-refractivity contribution < 1.29 is 9.18 Å². The molecule has 1 aliphatic rings. The Morgan fingerprint density at radius 1 is 1.25 bits per heavy atom. The molecule has 2 heterocycles. The summed E-state index contributed by atoms with van der Waals surface area (Å²) in [5, 5.41) is 7.11. The van der Waals surface area contributed by atoms with E-state index in [9.17, 15) is 9.18 Å². The minimum Gasteiger partial charge on any atom is -0.330 e. The zero-order chi connectivity index (χ0) is 19.7. The number of amides is 1. The lowest BCUT2D eigenvalue weighted by Crippen LogP contribution is -2.42. The molecule has 0 radical (unpaired) electrons. The molecule has 0 bridgehead atoms. The Labute approximate surface area is 162 Å². The van der Waals surface area contributed by atoms with Crippen molar-refractivity contribution in [3.63, 3.8) is 0 Å². The Kier molecular flexibility index (Phi) is 4.68. The van der Waals surface area contributed by atoms with E-state index in [1.807, 2.05) is 6.07 Å². The molecular formula is C21H22FN5O. The van der Waals surface area contributed by atoms with Crippen molar-refractivity contribution in [3.8, 4) is 11.3 Å². The Bertz CT molecular complexity index is 985. The number of nitrogens with one attached hydrogen (secondary N) is 1. The Morgan fingerprint density at radius 3 is 2.57 bits per heavy atom. The van der Waals surface area contributed by atoms with Gasteiger partial charge in [0.2, 0.25) is 0 Å². The molecule has 3 N–H and O–H groups in total. The number of benzene rings is 1. The molecule has 7 heteroatoms. The maximum absolute atomic E-state index is 13.1. The predicted molar refractivity (Wildman–Crippen MR) is 105 cm³/mol. The maximum Gasteiger partial charge on any atom is 0.258 e. The average Bonchev–Trinajstić information content (AvgIpc) is 3.02. The van der Waals surface area contributed by atoms with Crippen molar-refractivity contribution in [1.82, 2.24) is 14.8 Å². The Hall–Kier alpha value is -3.06. The van der Waals surface area contributed by atoms with Gasteiger partial charge in [0.25, 0.3) is 5.91 Å². The van der Waals surface area contributed by atoms with Gasteiger partial charge in [-0.05, 0) is 49.2 Å². The van der Waals surface area contributed by atoms with Crippen LogP contribution in [0.2, 0.25) is 0 Å². The van der Waals surface area contributed by atoms with Gasteiger partial charge in [-0.3, -0.25) is 14.5 Å². The zero-order valence-corrected chi connectivity index (χ0v) is 15.7. The van der Waals surface area contributed by atoms with Gasteiger partial charge in [0.15, 0.2) is 5.82 Å². The first-order chi connectivity index (χ1) is 13.5. The van der Waals surface area contributed by atoms with Gasteiger partial charge in [-0.1, -0.05) is 6.42 Å². The van der Waals surface area contributed by atoms with Crippen LogP contribution in [-0.4, -0.2) is 27.2 Å². The van der Waals surface area contributed by atoms with Gasteiger partial charge in [0.05, 0.1) is 11.3 Å². The number of carbonyl (C=O) groups is 1. The molecule has 1 aromatic carbocycles. The molecule has 144 valence electrons. The van der Waals surface area contributed by atoms with Crippen LogP contribution in [-0.2, 0) is 12.5 Å². The molecule has 0 saturated heterocycles. The molecule has 28 heavy (non-hydrogen) atoms. The number of halogens is 1. The number of rotatable bonds is 5. The van der Waals surface area contributed by atoms with E-state index in [-0.39, 0.29) is 17.1 Å². The number of aromatic nitrogens is 3. The maximum atomic E-state index is 13.1. The fraction of sp³-hybridized carbons (Fsp3) is 0.286. The second-order valence-corrected chi connectivity index (χ2v) is 7.27. The van der Waals surface area contributed by atoms with Crippen molar-refractivity contribution in [2.45, 2.75) is 24.7 Å². The van der Waals surface area contributed by atoms with E-state index in [1.54, 1.807) is 42.2 Å². The standard InChI is InChI=1S/C21H22FN5O/c1-27-17(14-3-6-16(22)7-4-14)11-19(26-27)25-20(28)15-5-8-18(24-12-15)21(13-23)9-2-10-21/h3-8,11-12H,2,9-10,13,23H2,1H3,(H,25,26,28). The summed E-state index contributed by atoms with van der Waals surface area (Å²) in [7, 11) is 1.77. The van der Waals surface area contributed by atoms with Crippen molar-refractivity contribution in [2.24, 2.45) is 12.8 Å². The fourth-order valence-electron chi connectivity index (χ4n) is 3.62. The van der Waals surface area contributed by atoms with Gasteiger partial charge < -0.3 is 11.1 Å². The summed E-state index contributed by atoms with van der Waals surface area (Å²) in [6.45, 7) is 0.575. The van der Waals surface area contributed by atoms with Crippen LogP contribution >= 0.6 is 0 Å². The third-order valence-electron chi connectivity index (χ3n) is 5.53. The van der Waals surface area contributed by atoms with Gasteiger partial charge in [-0.2, -0.15) is 5.10 Å². The first kappa shape index (κ1) is 18.3. The van der Waals surface area contributed by atoms with E-state index in [0.29, 0.717) is 17.9 Å². The lowest BCUT2D eigenvalue weighted by atomic mass is 9.66. The normalized spacial score (nSPS) is 15.1. The van der Waals surface area contributed by atoms with E-state index < -0.39 is 0 Å². The smallest absolute Gasteiger partial charge is 0.258 e. The summed E-state index contributed by atoms with van der Waals surface area (Å²) in [4.78, 5) is 17.0. The van der Waals surface area contributed by atoms with Crippen LogP contribution < -0.4 is 11.1 Å². The third-order valence-corrected chi connectivity index (χ3v) is 5.53. The number of hydrogen-bond acceptors (Lipinski definition) is 4. The van der Waals surface area contributed by atoms with Crippen molar-refractivity contribution in [1.29, 1.82) is 0 Å². The second kappa shape index (κ2) is 7.16. The third kappa shape index (κ3) is 3.29. The van der Waals surface area contributed by atoms with Gasteiger partial charge in [-0.15, -0.1) is 0 Å². The summed E-state index contributed by atoms with van der Waals surface area (Å²) >= 11 is 0. The van der Waals surface area contributed by atoms with Gasteiger partial charge in [0, 0.05) is 42.5 Å². The number of hydrogen-bond donors (Lipinski definition) is 2. The number of anilines is 1. The monoisotopic (exact) mass is 379 g/mol. The molecule has 1 amide bonds. The van der Waals surface area contributed by atoms with E-state index in [4.69, 9.17) is 5.73 Å². The zero-order valence-electron chi connectivity index (χ0n) is 15.7. The number of carbonyl (C=O) groups excluding carboxylic acids is 1. The lowest BCUT2D eigenvalue weighted by Gasteiger charge is -2.40. The minimum atomic E-state index is -0.297. The largest absolute Gasteiger partial charge is 0.330 e. The van der Waals surface area contributed by atoms with Crippen LogP contribution in [0.25, 0.3) is 11.3 Å². The highest BCUT2D eigenvalue weighted by Crippen LogP contribution is 2.41. The Morgan fingerprint density at radius 2 is 2.00 bits per heavy atom. The minimum absolute atomic E-state index is 0.0277. The number of nitrogens with zero attached hydrogens (tertiary/aromatic N) is 3. The van der Waals surface area contributed by atoms with Gasteiger partial charge in [0.1, 0.15) is 5.82 Å². The highest BCUT2D eigenvalue weighted by Gasteiger charge is 2.38. The van der Waals surface area contributed by atoms with Crippen molar-refractivity contribution in [2.75, 3.05) is 11.9 Å². The van der Waals surface area contributed by atoms with Crippen LogP contribution in [0.3, 0.4) is 0 Å². The summed E-state index contributed by atoms with van der Waals surface area (Å²) in [6, 6.07) is 11.6. The van der Waals surface area contributed by atoms with E-state index >= 15 is 0 Å². The van der Waals surface area contributed by atoms with Crippen LogP contribution in [0.15, 0.2) is 48.7 Å². The molecule has 4 rings (SSSR count). The molecule has 2 aromatic heterocycles. The highest BCUT2D eigenvalue weighted by molar-refractivity contribution is 6.03. The molecule has 6 nitrogen and oxygen atoms in total. The summed E-state index contributed by atoms with van der Waals surface area (Å²) in [5.41, 5.74) is 8.90. The van der Waals surface area contributed by atoms with Crippen LogP contribution in [0.5, 0.6) is 0 Å². The lowest BCUT2D eigenvalue weighted by molar-refractivity contribution is 0.102. The molecule has 0 aliphatic heterocycles. The number of pyridine rings is 1. The summed E-state index contributed by atoms with van der Waals surface area (Å²) < 4.78 is 14.8. The Balaban J connectivity index is 1.49. The number of aryl methyl sites for hydroxylation is 1. The molecule has 3 aromatic rings. The molecule has 1 saturated carbocycles. The van der Waals surface area contributed by atoms with Crippen LogP contribution in [0, 0.1) is 5.82 Å². The van der Waals surface area contributed by atoms with Gasteiger partial charge in [-0.25, -0.2) is 4.39 Å². The summed E-state index contributed by atoms with van der Waals surface area (Å²) in [5.74, 6) is -0.153. The molecule has 0 unspecified atom stereocenters. The molecule has 0 atom stereocenters. The number of nitrogens with two attached hydrogens (primary N) is 1. The predicted octanol–water partition coefficient (Wildman–Crippen LogP) is 3.25. The quantitative estimate of drug-likeness (QED) is 0.712. The molecule has 0 spiro atoms. The highest BCUT2D eigenvalue weighted by atomic mass is 19.1. The van der Waals surface area contributed by atoms with Crippen LogP contribution in [0.4, 0.5) is 10.2 Å². The molecule has 1 fully saturated rings. The van der Waals surface area contributed by atoms with E-state index in [0.717, 1.165) is 36.2 Å². The summed E-state index contributed by atoms with van der Waals surface area (Å²) in [6.07, 6.45) is 4.84. The first-order valence-corrected chi connectivity index (χ1v) is 9.29. The molecule has 1 aliphatic carbocycles. The molecular weight excluding hydrogens is 357 g/mol. The van der Waals surface area contributed by atoms with E-state index in [1.165, 1.54) is 12.1 Å². The van der Waals surface area contributed by atoms with Crippen molar-refractivity contribution in [3.05, 3.63) is 65.7 Å². The van der Waals surface area contributed by atoms with Crippen LogP contribution in [0.1, 0.15) is 35.3 Å². The van der Waals surface area contributed by atoms with Crippen molar-refractivity contribution >= 4 is 11.7 Å². The SMILES string of the molecule is Cn1nc(NC(=O)c2ccc(C3(CN)CCC3)nc2)cc1-c1ccc(F)cc1. The average molecular weight is 379 g/mol. The van der Waals surface area contributed by atoms with E-state index in [2.05, 4.69) is 15.4 Å². The van der Waals surface area contributed by atoms with Gasteiger partial charge >= 0.3 is 0 Å². The fourth-order valence-corrected chi connectivity index (χ4v) is 3.62. The first-order valence-electron chi connectivity index (χ1n) is 9.29. The second-order valence-electron chi connectivity index (χ2n) is 7.27.